The maximum Gasteiger partial charge on any atom is 0.305 e. The van der Waals surface area contributed by atoms with Gasteiger partial charge in [0, 0.05) is 28.2 Å². The highest BCUT2D eigenvalue weighted by atomic mass is 79.9. The highest BCUT2D eigenvalue weighted by Gasteiger charge is 2.35. The van der Waals surface area contributed by atoms with Crippen LogP contribution in [0.1, 0.15) is 24.2 Å². The Kier molecular flexibility index (Phi) is 5.67. The Morgan fingerprint density at radius 2 is 1.93 bits per heavy atom. The zero-order chi connectivity index (χ0) is 19.6. The van der Waals surface area contributed by atoms with Gasteiger partial charge in [0.2, 0.25) is 0 Å². The summed E-state index contributed by atoms with van der Waals surface area (Å²) < 4.78 is 22.7. The maximum atomic E-state index is 12.5. The topological polar surface area (TPSA) is 83.1 Å². The summed E-state index contributed by atoms with van der Waals surface area (Å²) in [6.45, 7) is 1.21. The number of benzene rings is 2. The van der Waals surface area contributed by atoms with Gasteiger partial charge in [0.05, 0.1) is 14.2 Å². The van der Waals surface area contributed by atoms with Gasteiger partial charge in [0.1, 0.15) is 6.10 Å². The van der Waals surface area contributed by atoms with Crippen molar-refractivity contribution in [3.05, 3.63) is 52.0 Å². The van der Waals surface area contributed by atoms with Crippen LogP contribution in [-0.2, 0) is 19.1 Å². The van der Waals surface area contributed by atoms with Gasteiger partial charge in [-0.15, -0.1) is 0 Å². The van der Waals surface area contributed by atoms with Crippen LogP contribution in [0.25, 0.3) is 0 Å². The largest absolute Gasteiger partial charge is 0.493 e. The third kappa shape index (κ3) is 3.91. The van der Waals surface area contributed by atoms with Gasteiger partial charge < -0.3 is 24.3 Å². The molecule has 8 heteroatoms. The number of carbonyl (C=O) groups excluding carboxylic acids is 2. The number of para-hydroxylation sites is 1. The molecule has 1 amide bonds. The summed E-state index contributed by atoms with van der Waals surface area (Å²) >= 11 is 3.44. The molecule has 0 fully saturated rings. The van der Waals surface area contributed by atoms with Crippen molar-refractivity contribution in [3.63, 3.8) is 0 Å². The van der Waals surface area contributed by atoms with Gasteiger partial charge in [-0.3, -0.25) is 9.59 Å². The number of hydrogen-bond acceptors (Lipinski definition) is 6. The average Bonchev–Trinajstić information content (AvgIpc) is 2.77. The molecule has 0 saturated carbocycles. The third-order valence-corrected chi connectivity index (χ3v) is 4.51. The summed E-state index contributed by atoms with van der Waals surface area (Å²) in [6.07, 6.45) is -2.15. The number of rotatable bonds is 4. The van der Waals surface area contributed by atoms with Crippen LogP contribution < -0.4 is 14.8 Å². The Bertz CT molecular complexity index is 884. The van der Waals surface area contributed by atoms with Gasteiger partial charge in [-0.2, -0.15) is 0 Å². The van der Waals surface area contributed by atoms with Crippen molar-refractivity contribution < 1.29 is 28.5 Å². The number of carbonyl (C=O) groups is 2. The van der Waals surface area contributed by atoms with Crippen LogP contribution in [0.15, 0.2) is 40.9 Å². The second kappa shape index (κ2) is 7.98. The Balaban J connectivity index is 2.18. The minimum absolute atomic E-state index is 0.465. The molecule has 2 atom stereocenters. The van der Waals surface area contributed by atoms with Gasteiger partial charge in [0.15, 0.2) is 11.5 Å². The molecule has 7 nitrogen and oxygen atoms in total. The fourth-order valence-electron chi connectivity index (χ4n) is 2.91. The first-order valence-electron chi connectivity index (χ1n) is 8.08. The van der Waals surface area contributed by atoms with Crippen LogP contribution in [-0.4, -0.2) is 32.4 Å². The lowest BCUT2D eigenvalue weighted by atomic mass is 9.98. The molecule has 0 aromatic heterocycles. The van der Waals surface area contributed by atoms with E-state index in [1.54, 1.807) is 30.3 Å². The molecule has 3 rings (SSSR count). The van der Waals surface area contributed by atoms with Crippen molar-refractivity contribution in [1.29, 1.82) is 0 Å². The van der Waals surface area contributed by atoms with Crippen molar-refractivity contribution in [2.75, 3.05) is 19.5 Å². The molecule has 0 radical (unpaired) electrons. The van der Waals surface area contributed by atoms with Crippen LogP contribution in [0.5, 0.6) is 11.5 Å². The van der Waals surface area contributed by atoms with Crippen molar-refractivity contribution in [3.8, 4) is 11.5 Å². The van der Waals surface area contributed by atoms with Crippen molar-refractivity contribution in [2.45, 2.75) is 19.3 Å². The number of halogens is 1. The zero-order valence-electron chi connectivity index (χ0n) is 14.9. The molecular weight excluding hydrogens is 418 g/mol. The number of esters is 1. The number of fused-ring (bicyclic) bond motifs is 1. The van der Waals surface area contributed by atoms with Crippen LogP contribution in [0.2, 0.25) is 0 Å². The van der Waals surface area contributed by atoms with E-state index in [4.69, 9.17) is 18.9 Å². The van der Waals surface area contributed by atoms with Gasteiger partial charge in [-0.25, -0.2) is 0 Å². The second-order valence-electron chi connectivity index (χ2n) is 5.76. The third-order valence-electron chi connectivity index (χ3n) is 4.02. The van der Waals surface area contributed by atoms with E-state index in [1.807, 2.05) is 6.07 Å². The molecule has 1 N–H and O–H groups in total. The van der Waals surface area contributed by atoms with Gasteiger partial charge in [-0.1, -0.05) is 28.1 Å². The smallest absolute Gasteiger partial charge is 0.305 e. The van der Waals surface area contributed by atoms with Crippen LogP contribution in [0.4, 0.5) is 5.69 Å². The Morgan fingerprint density at radius 3 is 2.59 bits per heavy atom. The fourth-order valence-corrected chi connectivity index (χ4v) is 3.28. The number of anilines is 1. The molecule has 2 aromatic carbocycles. The maximum absolute atomic E-state index is 12.5. The van der Waals surface area contributed by atoms with E-state index in [1.165, 1.54) is 21.1 Å². The van der Waals surface area contributed by atoms with Gasteiger partial charge >= 0.3 is 5.97 Å². The fraction of sp³-hybridized carbons (Fsp3) is 0.263. The molecule has 142 valence electrons. The summed E-state index contributed by atoms with van der Waals surface area (Å²) in [5.74, 6) is -0.216. The van der Waals surface area contributed by atoms with Crippen LogP contribution >= 0.6 is 15.9 Å². The van der Waals surface area contributed by atoms with Crippen molar-refractivity contribution in [1.82, 2.24) is 0 Å². The van der Waals surface area contributed by atoms with E-state index < -0.39 is 24.3 Å². The summed E-state index contributed by atoms with van der Waals surface area (Å²) in [7, 11) is 3.06. The van der Waals surface area contributed by atoms with E-state index in [2.05, 4.69) is 21.2 Å². The number of ether oxygens (including phenoxy) is 4. The highest BCUT2D eigenvalue weighted by molar-refractivity contribution is 9.10. The summed E-state index contributed by atoms with van der Waals surface area (Å²) in [5, 5.41) is 2.74. The monoisotopic (exact) mass is 435 g/mol. The van der Waals surface area contributed by atoms with Gasteiger partial charge in [-0.05, 0) is 24.3 Å². The molecule has 0 aliphatic carbocycles. The molecule has 1 aliphatic heterocycles. The van der Waals surface area contributed by atoms with E-state index in [9.17, 15) is 9.59 Å². The first-order chi connectivity index (χ1) is 12.9. The summed E-state index contributed by atoms with van der Waals surface area (Å²) in [6, 6.07) is 10.7. The lowest BCUT2D eigenvalue weighted by Gasteiger charge is -2.23. The van der Waals surface area contributed by atoms with Crippen LogP contribution in [0.3, 0.4) is 0 Å². The first-order valence-corrected chi connectivity index (χ1v) is 8.87. The van der Waals surface area contributed by atoms with Crippen molar-refractivity contribution >= 4 is 33.5 Å². The van der Waals surface area contributed by atoms with Crippen LogP contribution in [0, 0.1) is 0 Å². The molecule has 27 heavy (non-hydrogen) atoms. The Labute approximate surface area is 164 Å². The standard InChI is InChI=1S/C19H18BrNO6/c1-10(22)26-19-18(23)21-14-8-7-11(20)9-13(14)16(27-19)12-5-4-6-15(24-2)17(12)25-3/h4-9,16,19H,1-3H3,(H,21,23). The molecule has 1 aliphatic rings. The normalized spacial score (nSPS) is 18.7. The number of nitrogens with one attached hydrogen (secondary N) is 1. The quantitative estimate of drug-likeness (QED) is 0.740. The number of amides is 1. The first kappa shape index (κ1) is 19.2. The average molecular weight is 436 g/mol. The highest BCUT2D eigenvalue weighted by Crippen LogP contribution is 2.43. The van der Waals surface area contributed by atoms with E-state index in [-0.39, 0.29) is 0 Å². The lowest BCUT2D eigenvalue weighted by molar-refractivity contribution is -0.187. The van der Waals surface area contributed by atoms with E-state index in [0.717, 1.165) is 4.47 Å². The van der Waals surface area contributed by atoms with E-state index in [0.29, 0.717) is 28.3 Å². The lowest BCUT2D eigenvalue weighted by Crippen LogP contribution is -2.33. The second-order valence-corrected chi connectivity index (χ2v) is 6.68. The molecule has 0 bridgehead atoms. The molecule has 2 unspecified atom stereocenters. The minimum Gasteiger partial charge on any atom is -0.493 e. The zero-order valence-corrected chi connectivity index (χ0v) is 16.5. The number of hydrogen-bond donors (Lipinski definition) is 1. The van der Waals surface area contributed by atoms with Crippen molar-refractivity contribution in [2.24, 2.45) is 0 Å². The van der Waals surface area contributed by atoms with Gasteiger partial charge in [0.25, 0.3) is 12.2 Å². The molecule has 0 saturated heterocycles. The number of methoxy groups -OCH3 is 2. The SMILES string of the molecule is COc1cccc(C2OC(OC(C)=O)C(=O)Nc3ccc(Br)cc32)c1OC. The Hall–Kier alpha value is -2.58. The summed E-state index contributed by atoms with van der Waals surface area (Å²) in [5.41, 5.74) is 1.86. The predicted octanol–water partition coefficient (Wildman–Crippen LogP) is 3.41. The summed E-state index contributed by atoms with van der Waals surface area (Å²) in [4.78, 5) is 23.9. The molecule has 2 aromatic rings. The molecule has 0 spiro atoms. The molecule has 1 heterocycles. The molecular formula is C19H18BrNO6. The Morgan fingerprint density at radius 1 is 1.15 bits per heavy atom. The van der Waals surface area contributed by atoms with E-state index >= 15 is 0 Å². The predicted molar refractivity (Wildman–Crippen MR) is 101 cm³/mol. The minimum atomic E-state index is -1.41.